The summed E-state index contributed by atoms with van der Waals surface area (Å²) >= 11 is 0. The van der Waals surface area contributed by atoms with Crippen molar-refractivity contribution in [2.24, 2.45) is 0 Å². The number of ether oxygens (including phenoxy) is 1. The molecule has 1 aliphatic rings. The first-order chi connectivity index (χ1) is 15.5. The van der Waals surface area contributed by atoms with E-state index in [0.29, 0.717) is 31.0 Å². The zero-order valence-corrected chi connectivity index (χ0v) is 18.9. The van der Waals surface area contributed by atoms with E-state index in [4.69, 9.17) is 4.74 Å². The van der Waals surface area contributed by atoms with Crippen molar-refractivity contribution < 1.29 is 13.9 Å². The van der Waals surface area contributed by atoms with Crippen LogP contribution in [0.25, 0.3) is 0 Å². The van der Waals surface area contributed by atoms with Gasteiger partial charge in [0.1, 0.15) is 11.5 Å². The average molecular weight is 436 g/mol. The topological polar surface area (TPSA) is 46.5 Å². The van der Waals surface area contributed by atoms with Crippen LogP contribution in [0.2, 0.25) is 0 Å². The highest BCUT2D eigenvalue weighted by molar-refractivity contribution is 5.97. The minimum absolute atomic E-state index is 0.146. The van der Waals surface area contributed by atoms with E-state index in [9.17, 15) is 9.18 Å². The molecule has 0 radical (unpaired) electrons. The number of rotatable bonds is 6. The van der Waals surface area contributed by atoms with Gasteiger partial charge < -0.3 is 19.5 Å². The summed E-state index contributed by atoms with van der Waals surface area (Å²) in [6.45, 7) is 9.12. The summed E-state index contributed by atoms with van der Waals surface area (Å²) in [6.07, 6.45) is 0. The van der Waals surface area contributed by atoms with Crippen LogP contribution in [-0.4, -0.2) is 36.8 Å². The molecule has 2 aromatic carbocycles. The predicted molar refractivity (Wildman–Crippen MR) is 125 cm³/mol. The number of hydrogen-bond acceptors (Lipinski definition) is 3. The molecule has 0 saturated carbocycles. The first kappa shape index (κ1) is 22.1. The van der Waals surface area contributed by atoms with Crippen LogP contribution in [0.3, 0.4) is 0 Å². The van der Waals surface area contributed by atoms with E-state index in [1.165, 1.54) is 6.07 Å². The number of morpholine rings is 1. The summed E-state index contributed by atoms with van der Waals surface area (Å²) in [5.74, 6) is -0.423. The maximum atomic E-state index is 14.5. The van der Waals surface area contributed by atoms with Crippen molar-refractivity contribution in [1.82, 2.24) is 9.88 Å². The van der Waals surface area contributed by atoms with Crippen molar-refractivity contribution in [2.45, 2.75) is 33.4 Å². The fraction of sp³-hybridized carbons (Fsp3) is 0.346. The van der Waals surface area contributed by atoms with Crippen molar-refractivity contribution in [1.29, 1.82) is 0 Å². The van der Waals surface area contributed by atoms with Gasteiger partial charge in [0.05, 0.1) is 31.5 Å². The molecule has 1 aliphatic heterocycles. The molecule has 3 aromatic rings. The van der Waals surface area contributed by atoms with E-state index in [1.807, 2.05) is 61.7 Å². The molecule has 0 bridgehead atoms. The summed E-state index contributed by atoms with van der Waals surface area (Å²) in [7, 11) is 0. The Kier molecular flexibility index (Phi) is 6.61. The number of hydrogen-bond donors (Lipinski definition) is 1. The summed E-state index contributed by atoms with van der Waals surface area (Å²) < 4.78 is 22.0. The molecule has 5 nitrogen and oxygen atoms in total. The fourth-order valence-electron chi connectivity index (χ4n) is 4.51. The van der Waals surface area contributed by atoms with Crippen molar-refractivity contribution >= 4 is 11.6 Å². The molecule has 1 unspecified atom stereocenters. The third-order valence-corrected chi connectivity index (χ3v) is 6.20. The number of carbonyl (C=O) groups excluding carboxylic acids is 1. The zero-order chi connectivity index (χ0) is 22.7. The van der Waals surface area contributed by atoms with Crippen molar-refractivity contribution in [3.05, 3.63) is 88.5 Å². The highest BCUT2D eigenvalue weighted by Crippen LogP contribution is 2.33. The summed E-state index contributed by atoms with van der Waals surface area (Å²) in [4.78, 5) is 15.8. The fourth-order valence-corrected chi connectivity index (χ4v) is 4.51. The van der Waals surface area contributed by atoms with Gasteiger partial charge in [0.2, 0.25) is 0 Å². The number of anilines is 1. The van der Waals surface area contributed by atoms with E-state index in [2.05, 4.69) is 10.2 Å². The van der Waals surface area contributed by atoms with Gasteiger partial charge in [-0.1, -0.05) is 48.5 Å². The van der Waals surface area contributed by atoms with Crippen LogP contribution in [-0.2, 0) is 11.3 Å². The van der Waals surface area contributed by atoms with Gasteiger partial charge in [0.25, 0.3) is 5.91 Å². The first-order valence-corrected chi connectivity index (χ1v) is 11.1. The lowest BCUT2D eigenvalue weighted by molar-refractivity contribution is 0.0930. The summed E-state index contributed by atoms with van der Waals surface area (Å²) in [6, 6.07) is 16.5. The molecule has 1 aromatic heterocycles. The van der Waals surface area contributed by atoms with E-state index in [-0.39, 0.29) is 17.8 Å². The second kappa shape index (κ2) is 9.57. The molecule has 0 spiro atoms. The highest BCUT2D eigenvalue weighted by Gasteiger charge is 2.28. The number of benzene rings is 2. The maximum absolute atomic E-state index is 14.5. The molecule has 32 heavy (non-hydrogen) atoms. The quantitative estimate of drug-likeness (QED) is 0.615. The minimum Gasteiger partial charge on any atom is -0.378 e. The molecule has 6 heteroatoms. The Bertz CT molecular complexity index is 1090. The van der Waals surface area contributed by atoms with Crippen LogP contribution in [0, 0.1) is 19.7 Å². The number of amides is 1. The van der Waals surface area contributed by atoms with Gasteiger partial charge in [-0.3, -0.25) is 4.79 Å². The molecule has 1 saturated heterocycles. The third kappa shape index (κ3) is 4.41. The van der Waals surface area contributed by atoms with Gasteiger partial charge in [-0.2, -0.15) is 0 Å². The van der Waals surface area contributed by atoms with E-state index in [1.54, 1.807) is 12.1 Å². The van der Waals surface area contributed by atoms with Crippen LogP contribution in [0.1, 0.15) is 45.8 Å². The molecule has 2 heterocycles. The lowest BCUT2D eigenvalue weighted by atomic mass is 10.1. The normalized spacial score (nSPS) is 14.9. The Balaban J connectivity index is 1.73. The second-order valence-electron chi connectivity index (χ2n) is 8.29. The van der Waals surface area contributed by atoms with Crippen LogP contribution in [0.4, 0.5) is 10.1 Å². The van der Waals surface area contributed by atoms with Crippen LogP contribution >= 0.6 is 0 Å². The Hall–Kier alpha value is -3.12. The number of aromatic nitrogens is 1. The highest BCUT2D eigenvalue weighted by atomic mass is 19.1. The van der Waals surface area contributed by atoms with E-state index >= 15 is 0 Å². The molecule has 1 atom stereocenters. The summed E-state index contributed by atoms with van der Waals surface area (Å²) in [5.41, 5.74) is 5.10. The number of nitrogens with zero attached hydrogens (tertiary/aromatic N) is 2. The monoisotopic (exact) mass is 435 g/mol. The zero-order valence-electron chi connectivity index (χ0n) is 18.9. The van der Waals surface area contributed by atoms with Crippen LogP contribution < -0.4 is 10.2 Å². The SMILES string of the molecule is Cc1c(N2CCOCC2)c(C)n(Cc2ccccc2F)c1C(=O)NC(C)c1ccccc1. The van der Waals surface area contributed by atoms with Gasteiger partial charge in [0, 0.05) is 29.9 Å². The Morgan fingerprint density at radius 2 is 1.72 bits per heavy atom. The molecule has 1 fully saturated rings. The number of halogens is 1. The number of nitrogens with one attached hydrogen (secondary N) is 1. The minimum atomic E-state index is -0.268. The van der Waals surface area contributed by atoms with E-state index in [0.717, 1.165) is 35.6 Å². The third-order valence-electron chi connectivity index (χ3n) is 6.20. The molecule has 0 aliphatic carbocycles. The van der Waals surface area contributed by atoms with Crippen molar-refractivity contribution in [3.8, 4) is 0 Å². The lowest BCUT2D eigenvalue weighted by Crippen LogP contribution is -2.36. The molecular formula is C26H30FN3O2. The van der Waals surface area contributed by atoms with Gasteiger partial charge in [-0.15, -0.1) is 0 Å². The Labute approximate surface area is 188 Å². The first-order valence-electron chi connectivity index (χ1n) is 11.1. The number of carbonyl (C=O) groups is 1. The molecule has 1 N–H and O–H groups in total. The van der Waals surface area contributed by atoms with Gasteiger partial charge >= 0.3 is 0 Å². The van der Waals surface area contributed by atoms with Gasteiger partial charge in [0.15, 0.2) is 0 Å². The average Bonchev–Trinajstić information content (AvgIpc) is 3.05. The van der Waals surface area contributed by atoms with Crippen molar-refractivity contribution in [3.63, 3.8) is 0 Å². The largest absolute Gasteiger partial charge is 0.378 e. The van der Waals surface area contributed by atoms with Gasteiger partial charge in [-0.05, 0) is 32.4 Å². The maximum Gasteiger partial charge on any atom is 0.268 e. The van der Waals surface area contributed by atoms with Crippen LogP contribution in [0.15, 0.2) is 54.6 Å². The van der Waals surface area contributed by atoms with E-state index < -0.39 is 0 Å². The predicted octanol–water partition coefficient (Wildman–Crippen LogP) is 4.62. The molecule has 168 valence electrons. The Morgan fingerprint density at radius 1 is 1.06 bits per heavy atom. The lowest BCUT2D eigenvalue weighted by Gasteiger charge is -2.29. The molecule has 4 rings (SSSR count). The molecule has 1 amide bonds. The standard InChI is InChI=1S/C26H30FN3O2/c1-18-24(29-13-15-32-16-14-29)20(3)30(17-22-11-7-8-12-23(22)27)25(18)26(31)28-19(2)21-9-5-4-6-10-21/h4-12,19H,13-17H2,1-3H3,(H,28,31). The van der Waals surface area contributed by atoms with Crippen molar-refractivity contribution in [2.75, 3.05) is 31.2 Å². The summed E-state index contributed by atoms with van der Waals surface area (Å²) in [5, 5.41) is 3.14. The molecular weight excluding hydrogens is 405 g/mol. The van der Waals surface area contributed by atoms with Crippen LogP contribution in [0.5, 0.6) is 0 Å². The Morgan fingerprint density at radius 3 is 2.41 bits per heavy atom. The smallest absolute Gasteiger partial charge is 0.268 e. The second-order valence-corrected chi connectivity index (χ2v) is 8.29. The van der Waals surface area contributed by atoms with Gasteiger partial charge in [-0.25, -0.2) is 4.39 Å².